The Morgan fingerprint density at radius 3 is 2.74 bits per heavy atom. The minimum Gasteiger partial charge on any atom is -0.478 e. The quantitative estimate of drug-likeness (QED) is 0.522. The lowest BCUT2D eigenvalue weighted by Crippen LogP contribution is -2.28. The molecular weight excluding hydrogens is 332 g/mol. The summed E-state index contributed by atoms with van der Waals surface area (Å²) in [5, 5.41) is 24.9. The van der Waals surface area contributed by atoms with Crippen LogP contribution in [0.5, 0.6) is 0 Å². The van der Waals surface area contributed by atoms with Gasteiger partial charge in [0.1, 0.15) is 0 Å². The molecule has 1 fully saturated rings. The van der Waals surface area contributed by atoms with E-state index >= 15 is 0 Å². The zero-order valence-corrected chi connectivity index (χ0v) is 12.4. The summed E-state index contributed by atoms with van der Waals surface area (Å²) < 4.78 is 22.2. The van der Waals surface area contributed by atoms with E-state index < -0.39 is 49.7 Å². The van der Waals surface area contributed by atoms with Gasteiger partial charge in [0.25, 0.3) is 0 Å². The number of carboxylic acids is 1. The van der Waals surface area contributed by atoms with E-state index in [1.165, 1.54) is 0 Å². The number of nitrogens with zero attached hydrogens (tertiary/aromatic N) is 3. The van der Waals surface area contributed by atoms with E-state index in [0.29, 0.717) is 0 Å². The minimum atomic E-state index is -3.79. The molecule has 1 amide bonds. The number of carboxylic acid groups (broad SMARTS) is 1. The predicted octanol–water partition coefficient (Wildman–Crippen LogP) is -0.671. The normalized spacial score (nSPS) is 18.2. The van der Waals surface area contributed by atoms with Crippen molar-refractivity contribution < 1.29 is 28.0 Å². The summed E-state index contributed by atoms with van der Waals surface area (Å²) in [6.07, 6.45) is 0.751. The van der Waals surface area contributed by atoms with Crippen molar-refractivity contribution >= 4 is 33.4 Å². The molecule has 1 unspecified atom stereocenters. The maximum absolute atomic E-state index is 12.0. The van der Waals surface area contributed by atoms with Crippen LogP contribution >= 0.6 is 0 Å². The Bertz CT molecular complexity index is 792. The van der Waals surface area contributed by atoms with Crippen LogP contribution in [0.4, 0.5) is 11.5 Å². The minimum absolute atomic E-state index is 0.102. The van der Waals surface area contributed by atoms with E-state index in [1.807, 2.05) is 0 Å². The highest BCUT2D eigenvalue weighted by molar-refractivity contribution is 7.89. The van der Waals surface area contributed by atoms with Gasteiger partial charge in [-0.15, -0.1) is 0 Å². The zero-order valence-electron chi connectivity index (χ0n) is 11.6. The number of primary sulfonamides is 1. The molecule has 1 aromatic rings. The number of anilines is 1. The van der Waals surface area contributed by atoms with E-state index in [-0.39, 0.29) is 18.8 Å². The second-order valence-corrected chi connectivity index (χ2v) is 6.69. The van der Waals surface area contributed by atoms with Crippen LogP contribution in [0.1, 0.15) is 16.8 Å². The van der Waals surface area contributed by atoms with Gasteiger partial charge in [-0.1, -0.05) is 0 Å². The second-order valence-electron chi connectivity index (χ2n) is 5.03. The highest BCUT2D eigenvalue weighted by Crippen LogP contribution is 2.31. The highest BCUT2D eigenvalue weighted by atomic mass is 32.2. The van der Waals surface area contributed by atoms with Gasteiger partial charge in [-0.2, -0.15) is 0 Å². The average molecular weight is 344 g/mol. The molecule has 0 saturated carbocycles. The first-order valence-electron chi connectivity index (χ1n) is 6.27. The maximum Gasteiger partial charge on any atom is 0.337 e. The van der Waals surface area contributed by atoms with Crippen LogP contribution in [0.3, 0.4) is 0 Å². The number of nitro groups is 1. The van der Waals surface area contributed by atoms with Crippen molar-refractivity contribution in [3.63, 3.8) is 0 Å². The molecular formula is C11H12N4O7S. The van der Waals surface area contributed by atoms with Gasteiger partial charge in [-0.3, -0.25) is 19.8 Å². The summed E-state index contributed by atoms with van der Waals surface area (Å²) >= 11 is 0. The molecule has 1 atom stereocenters. The van der Waals surface area contributed by atoms with E-state index in [9.17, 15) is 28.1 Å². The van der Waals surface area contributed by atoms with E-state index in [2.05, 4.69) is 4.98 Å². The summed E-state index contributed by atoms with van der Waals surface area (Å²) in [6, 6.07) is 0.797. The predicted molar refractivity (Wildman–Crippen MR) is 76.3 cm³/mol. The largest absolute Gasteiger partial charge is 0.478 e. The molecule has 1 aromatic heterocycles. The number of aromatic nitrogens is 1. The monoisotopic (exact) mass is 344 g/mol. The summed E-state index contributed by atoms with van der Waals surface area (Å²) in [5.41, 5.74) is -1.04. The molecule has 1 aliphatic rings. The van der Waals surface area contributed by atoms with Crippen molar-refractivity contribution in [2.45, 2.75) is 6.42 Å². The number of aromatic carboxylic acids is 1. The van der Waals surface area contributed by atoms with Crippen molar-refractivity contribution in [1.82, 2.24) is 4.98 Å². The van der Waals surface area contributed by atoms with Crippen molar-refractivity contribution in [1.29, 1.82) is 0 Å². The lowest BCUT2D eigenvalue weighted by molar-refractivity contribution is -0.384. The number of sulfonamides is 1. The Hall–Kier alpha value is -2.60. The van der Waals surface area contributed by atoms with Crippen molar-refractivity contribution in [3.05, 3.63) is 27.9 Å². The van der Waals surface area contributed by atoms with Crippen LogP contribution in [-0.2, 0) is 14.8 Å². The Kier molecular flexibility index (Phi) is 4.29. The molecule has 2 heterocycles. The fourth-order valence-electron chi connectivity index (χ4n) is 2.33. The van der Waals surface area contributed by atoms with Crippen LogP contribution in [0, 0.1) is 16.0 Å². The van der Waals surface area contributed by atoms with Crippen LogP contribution in [-0.4, -0.2) is 47.6 Å². The highest BCUT2D eigenvalue weighted by Gasteiger charge is 2.37. The number of hydrogen-bond acceptors (Lipinski definition) is 7. The molecule has 0 aliphatic carbocycles. The maximum atomic E-state index is 12.0. The summed E-state index contributed by atoms with van der Waals surface area (Å²) in [5.74, 6) is -3.31. The second kappa shape index (κ2) is 5.89. The number of carbonyl (C=O) groups excluding carboxylic acids is 1. The Labute approximate surface area is 129 Å². The van der Waals surface area contributed by atoms with Gasteiger partial charge in [0.15, 0.2) is 0 Å². The average Bonchev–Trinajstić information content (AvgIpc) is 2.76. The molecule has 0 aromatic carbocycles. The Morgan fingerprint density at radius 2 is 2.22 bits per heavy atom. The SMILES string of the molecule is NS(=O)(=O)CC1CC(=O)N(c2ncc(C(=O)O)cc2[N+](=O)[O-])C1. The van der Waals surface area contributed by atoms with Gasteiger partial charge in [0.05, 0.1) is 16.2 Å². The number of amides is 1. The van der Waals surface area contributed by atoms with Crippen molar-refractivity contribution in [2.24, 2.45) is 11.1 Å². The van der Waals surface area contributed by atoms with E-state index in [4.69, 9.17) is 10.2 Å². The van der Waals surface area contributed by atoms with Crippen LogP contribution in [0.2, 0.25) is 0 Å². The topological polar surface area (TPSA) is 174 Å². The molecule has 12 heteroatoms. The smallest absolute Gasteiger partial charge is 0.337 e. The molecule has 0 bridgehead atoms. The van der Waals surface area contributed by atoms with Crippen molar-refractivity contribution in [3.8, 4) is 0 Å². The third kappa shape index (κ3) is 3.78. The first kappa shape index (κ1) is 16.8. The number of carbonyl (C=O) groups is 2. The fraction of sp³-hybridized carbons (Fsp3) is 0.364. The molecule has 0 spiro atoms. The van der Waals surface area contributed by atoms with Crippen LogP contribution < -0.4 is 10.0 Å². The summed E-state index contributed by atoms with van der Waals surface area (Å²) in [4.78, 5) is 37.7. The molecule has 124 valence electrons. The third-order valence-electron chi connectivity index (χ3n) is 3.22. The standard InChI is InChI=1S/C11H12N4O7S/c12-23(21,22)5-6-1-9(16)14(4-6)10-8(15(19)20)2-7(3-13-10)11(17)18/h2-3,6H,1,4-5H2,(H,17,18)(H2,12,21,22). The number of nitrogens with two attached hydrogens (primary N) is 1. The third-order valence-corrected chi connectivity index (χ3v) is 4.16. The Balaban J connectivity index is 2.36. The number of rotatable bonds is 5. The molecule has 1 saturated heterocycles. The molecule has 1 aliphatic heterocycles. The molecule has 0 radical (unpaired) electrons. The van der Waals surface area contributed by atoms with E-state index in [1.54, 1.807) is 0 Å². The van der Waals surface area contributed by atoms with Crippen molar-refractivity contribution in [2.75, 3.05) is 17.2 Å². The van der Waals surface area contributed by atoms with Gasteiger partial charge >= 0.3 is 11.7 Å². The van der Waals surface area contributed by atoms with Gasteiger partial charge in [0, 0.05) is 31.1 Å². The molecule has 2 rings (SSSR count). The van der Waals surface area contributed by atoms with Gasteiger partial charge in [-0.05, 0) is 0 Å². The first-order valence-corrected chi connectivity index (χ1v) is 7.98. The van der Waals surface area contributed by atoms with Crippen LogP contribution in [0.25, 0.3) is 0 Å². The van der Waals surface area contributed by atoms with Gasteiger partial charge < -0.3 is 5.11 Å². The fourth-order valence-corrected chi connectivity index (χ4v) is 3.21. The number of pyridine rings is 1. The summed E-state index contributed by atoms with van der Waals surface area (Å²) in [6.45, 7) is -0.102. The summed E-state index contributed by atoms with van der Waals surface area (Å²) in [7, 11) is -3.79. The number of hydrogen-bond donors (Lipinski definition) is 2. The lowest BCUT2D eigenvalue weighted by Gasteiger charge is -2.15. The van der Waals surface area contributed by atoms with Gasteiger partial charge in [-0.25, -0.2) is 23.3 Å². The first-order chi connectivity index (χ1) is 10.6. The lowest BCUT2D eigenvalue weighted by atomic mass is 10.1. The molecule has 23 heavy (non-hydrogen) atoms. The molecule has 11 nitrogen and oxygen atoms in total. The van der Waals surface area contributed by atoms with E-state index in [0.717, 1.165) is 17.2 Å². The van der Waals surface area contributed by atoms with Gasteiger partial charge in [0.2, 0.25) is 21.7 Å². The molecule has 3 N–H and O–H groups in total. The Morgan fingerprint density at radius 1 is 1.57 bits per heavy atom. The zero-order chi connectivity index (χ0) is 17.4. The van der Waals surface area contributed by atoms with Crippen LogP contribution in [0.15, 0.2) is 12.3 Å².